The summed E-state index contributed by atoms with van der Waals surface area (Å²) in [4.78, 5) is 140. The molecule has 0 radical (unpaired) electrons. The van der Waals surface area contributed by atoms with Crippen LogP contribution in [0.1, 0.15) is 317 Å². The number of hydrogen-bond acceptors (Lipinski definition) is 19. The molecule has 22 heteroatoms. The Morgan fingerprint density at radius 2 is 0.851 bits per heavy atom. The summed E-state index contributed by atoms with van der Waals surface area (Å²) < 4.78 is 29.7. The SMILES string of the molecule is CCOC(=O)C(CCCCNC)NC(=O)CCCCC(=O)CCNC(CC(C)C)C(=O)Oc1ccc2c(c1)CCC1C2CC[C@@]2(C)C1CC[C@@H]2OC(=O)C(CC(C)C)NC(=O)CCCCC(C)=O.CNC(CC(C)C)C(=O)Oc1ccc2c(c1)CCC1C2CC[C@@]2(C)C1CC[C@@H]2OC(=O)C(CC(C)C)NC(=O)CCCCC(C)=O. The molecule has 15 atom stereocenters. The molecule has 2 aromatic carbocycles. The molecular weight excluding hydrogens is 1450 g/mol. The quantitative estimate of drug-likeness (QED) is 0.0155. The number of carbonyl (C=O) groups is 11. The molecule has 6 aliphatic rings. The zero-order valence-electron chi connectivity index (χ0n) is 72.1. The lowest BCUT2D eigenvalue weighted by molar-refractivity contribution is -0.162. The Hall–Kier alpha value is -6.91. The third-order valence-corrected chi connectivity index (χ3v) is 25.5. The Bertz CT molecular complexity index is 3520. The van der Waals surface area contributed by atoms with Crippen molar-refractivity contribution in [1.82, 2.24) is 31.9 Å². The second kappa shape index (κ2) is 46.3. The van der Waals surface area contributed by atoms with Gasteiger partial charge in [-0.1, -0.05) is 81.4 Å². The molecule has 3 amide bonds. The van der Waals surface area contributed by atoms with Gasteiger partial charge in [0.15, 0.2) is 0 Å². The van der Waals surface area contributed by atoms with Crippen LogP contribution in [0.2, 0.25) is 0 Å². The molecule has 6 aliphatic carbocycles. The Labute approximate surface area is 681 Å². The molecule has 8 rings (SSSR count). The summed E-state index contributed by atoms with van der Waals surface area (Å²) in [5.41, 5.74) is 4.97. The predicted molar refractivity (Wildman–Crippen MR) is 442 cm³/mol. The van der Waals surface area contributed by atoms with Gasteiger partial charge in [-0.15, -0.1) is 0 Å². The first-order valence-electron chi connectivity index (χ1n) is 44.0. The fraction of sp³-hybridized carbons (Fsp3) is 0.750. The fourth-order valence-corrected chi connectivity index (χ4v) is 19.6. The van der Waals surface area contributed by atoms with Gasteiger partial charge in [0.25, 0.3) is 0 Å². The van der Waals surface area contributed by atoms with Crippen LogP contribution in [0.4, 0.5) is 0 Å². The van der Waals surface area contributed by atoms with Crippen LogP contribution < -0.4 is 41.4 Å². The van der Waals surface area contributed by atoms with E-state index in [9.17, 15) is 52.7 Å². The van der Waals surface area contributed by atoms with Gasteiger partial charge in [-0.05, 0) is 308 Å². The second-order valence-corrected chi connectivity index (χ2v) is 36.4. The fourth-order valence-electron chi connectivity index (χ4n) is 19.6. The summed E-state index contributed by atoms with van der Waals surface area (Å²) in [7, 11) is 3.68. The van der Waals surface area contributed by atoms with Gasteiger partial charge in [0.1, 0.15) is 71.3 Å². The maximum absolute atomic E-state index is 13.7. The largest absolute Gasteiger partial charge is 0.464 e. The molecule has 0 saturated heterocycles. The van der Waals surface area contributed by atoms with E-state index in [1.807, 2.05) is 52.9 Å². The number of esters is 5. The summed E-state index contributed by atoms with van der Waals surface area (Å²) in [6, 6.07) is 9.39. The van der Waals surface area contributed by atoms with E-state index in [2.05, 4.69) is 91.6 Å². The number of aryl methyl sites for hydroxylation is 2. The molecule has 11 unspecified atom stereocenters. The average Bonchev–Trinajstić information content (AvgIpc) is 1.52. The summed E-state index contributed by atoms with van der Waals surface area (Å²) in [5, 5.41) is 18.2. The number of ketones is 3. The summed E-state index contributed by atoms with van der Waals surface area (Å²) in [6.07, 6.45) is 21.7. The van der Waals surface area contributed by atoms with Gasteiger partial charge in [-0.25, -0.2) is 24.0 Å². The number of fused-ring (bicyclic) bond motifs is 10. The van der Waals surface area contributed by atoms with Gasteiger partial charge in [0.2, 0.25) is 17.7 Å². The highest BCUT2D eigenvalue weighted by Gasteiger charge is 2.58. The molecule has 0 heterocycles. The lowest BCUT2D eigenvalue weighted by Crippen LogP contribution is -2.48. The van der Waals surface area contributed by atoms with Gasteiger partial charge in [0.05, 0.1) is 6.61 Å². The number of Topliss-reactive ketones (excluding diaryl/α,β-unsaturated/α-hetero) is 3. The van der Waals surface area contributed by atoms with Crippen molar-refractivity contribution in [2.75, 3.05) is 33.8 Å². The molecule has 4 fully saturated rings. The molecule has 2 aromatic rings. The lowest BCUT2D eigenvalue weighted by Gasteiger charge is -2.50. The van der Waals surface area contributed by atoms with E-state index >= 15 is 0 Å². The van der Waals surface area contributed by atoms with E-state index in [0.717, 1.165) is 103 Å². The zero-order valence-corrected chi connectivity index (χ0v) is 72.1. The van der Waals surface area contributed by atoms with Crippen LogP contribution >= 0.6 is 0 Å². The third-order valence-electron chi connectivity index (χ3n) is 25.5. The molecule has 114 heavy (non-hydrogen) atoms. The van der Waals surface area contributed by atoms with E-state index in [1.54, 1.807) is 27.8 Å². The zero-order chi connectivity index (χ0) is 83.4. The van der Waals surface area contributed by atoms with Crippen LogP contribution in [-0.4, -0.2) is 141 Å². The van der Waals surface area contributed by atoms with E-state index in [0.29, 0.717) is 149 Å². The van der Waals surface area contributed by atoms with Crippen LogP contribution in [0, 0.1) is 58.2 Å². The van der Waals surface area contributed by atoms with Crippen LogP contribution in [0.3, 0.4) is 0 Å². The minimum absolute atomic E-state index is 0.0552. The van der Waals surface area contributed by atoms with Gasteiger partial charge in [-0.3, -0.25) is 19.2 Å². The average molecular weight is 1590 g/mol. The number of likely N-dealkylation sites (N-methyl/N-ethyl adjacent to an activating group) is 1. The molecule has 0 aliphatic heterocycles. The molecule has 6 N–H and O–H groups in total. The van der Waals surface area contributed by atoms with E-state index in [-0.39, 0.29) is 132 Å². The van der Waals surface area contributed by atoms with Crippen molar-refractivity contribution in [1.29, 1.82) is 0 Å². The summed E-state index contributed by atoms with van der Waals surface area (Å²) in [5.74, 6) is 2.96. The highest BCUT2D eigenvalue weighted by atomic mass is 16.6. The number of amides is 3. The van der Waals surface area contributed by atoms with E-state index < -0.39 is 30.1 Å². The first-order chi connectivity index (χ1) is 54.3. The Morgan fingerprint density at radius 3 is 1.27 bits per heavy atom. The predicted octanol–water partition coefficient (Wildman–Crippen LogP) is 14.7. The van der Waals surface area contributed by atoms with Gasteiger partial charge in [-0.2, -0.15) is 0 Å². The third kappa shape index (κ3) is 28.2. The highest BCUT2D eigenvalue weighted by Crippen LogP contribution is 2.63. The van der Waals surface area contributed by atoms with Gasteiger partial charge >= 0.3 is 29.8 Å². The van der Waals surface area contributed by atoms with Crippen molar-refractivity contribution >= 4 is 64.9 Å². The first kappa shape index (κ1) is 94.2. The first-order valence-corrected chi connectivity index (χ1v) is 44.0. The summed E-state index contributed by atoms with van der Waals surface area (Å²) >= 11 is 0. The van der Waals surface area contributed by atoms with Gasteiger partial charge in [0, 0.05) is 62.3 Å². The maximum atomic E-state index is 13.7. The smallest absolute Gasteiger partial charge is 0.328 e. The van der Waals surface area contributed by atoms with Gasteiger partial charge < -0.3 is 65.2 Å². The number of nitrogens with one attached hydrogen (secondary N) is 6. The monoisotopic (exact) mass is 1590 g/mol. The normalized spacial score (nSPS) is 23.8. The van der Waals surface area contributed by atoms with Crippen molar-refractivity contribution in [2.45, 2.75) is 350 Å². The molecule has 0 spiro atoms. The number of carbonyl (C=O) groups excluding carboxylic acids is 11. The van der Waals surface area contributed by atoms with Crippen LogP contribution in [-0.2, 0) is 79.8 Å². The Morgan fingerprint density at radius 1 is 0.439 bits per heavy atom. The standard InChI is InChI=1S/C54H86N4O10.C38H58N2O6/c1-9-66-51(63)45(18-14-15-30-55-8)57-49(61)20-13-11-17-39(60)28-31-56-46(32-35(2)3)52(64)67-40-22-24-41-38(34-40)21-23-43-42(41)27-29-54(7)44(43)25-26-48(54)68-53(65)47(33-36(4)5)58-50(62)19-12-10-16-37(6)59;1-23(2)20-32(39-7)36(43)45-27-13-15-28-26(22-27)12-14-30-29(28)18-19-38(6)31(30)16-17-34(38)46-37(44)33(21-24(3)4)40-35(42)11-9-8-10-25(5)41/h22,24,34-36,42-48,55-56H,9-21,23,25-33H2,1-8H3,(H,57,61)(H,58,62);13,15,22-24,29-34,39H,8-12,14,16-21H2,1-7H3,(H,40,42)/t42?,43?,44?,45?,46?,47?,48-,54-;29?,30?,31?,32?,33?,34-,38-/m00/s1. The van der Waals surface area contributed by atoms with E-state index in [1.165, 1.54) is 22.3 Å². The lowest BCUT2D eigenvalue weighted by atomic mass is 9.55. The van der Waals surface area contributed by atoms with Crippen molar-refractivity contribution in [3.63, 3.8) is 0 Å². The topological polar surface area (TPSA) is 306 Å². The number of hydrogen-bond donors (Lipinski definition) is 6. The number of unbranched alkanes of at least 4 members (excludes halogenated alkanes) is 4. The molecule has 638 valence electrons. The highest BCUT2D eigenvalue weighted by molar-refractivity contribution is 5.87. The van der Waals surface area contributed by atoms with E-state index in [4.69, 9.17) is 23.7 Å². The minimum Gasteiger partial charge on any atom is -0.464 e. The molecule has 0 aromatic heterocycles. The van der Waals surface area contributed by atoms with Crippen LogP contribution in [0.25, 0.3) is 0 Å². The number of rotatable bonds is 46. The maximum Gasteiger partial charge on any atom is 0.328 e. The second-order valence-electron chi connectivity index (χ2n) is 36.4. The Kier molecular flexibility index (Phi) is 38.3. The van der Waals surface area contributed by atoms with Crippen LogP contribution in [0.5, 0.6) is 11.5 Å². The van der Waals surface area contributed by atoms with Crippen molar-refractivity contribution in [3.05, 3.63) is 58.7 Å². The van der Waals surface area contributed by atoms with Crippen molar-refractivity contribution in [3.8, 4) is 11.5 Å². The number of ether oxygens (including phenoxy) is 5. The van der Waals surface area contributed by atoms with Crippen molar-refractivity contribution in [2.24, 2.45) is 58.2 Å². The Balaban J connectivity index is 0.000000340. The minimum atomic E-state index is -0.696. The summed E-state index contributed by atoms with van der Waals surface area (Å²) in [6.45, 7) is 27.4. The number of benzene rings is 2. The van der Waals surface area contributed by atoms with Crippen LogP contribution in [0.15, 0.2) is 36.4 Å². The molecular formula is C92H144N6O16. The van der Waals surface area contributed by atoms with Crippen molar-refractivity contribution < 1.29 is 76.4 Å². The molecule has 0 bridgehead atoms. The molecule has 4 saturated carbocycles. The molecule has 22 nitrogen and oxygen atoms in total.